The van der Waals surface area contributed by atoms with Crippen molar-refractivity contribution in [3.63, 3.8) is 0 Å². The van der Waals surface area contributed by atoms with E-state index in [1.165, 1.54) is 0 Å². The number of hydrogen-bond donors (Lipinski definition) is 1. The van der Waals surface area contributed by atoms with Crippen molar-refractivity contribution in [3.8, 4) is 0 Å². The van der Waals surface area contributed by atoms with Gasteiger partial charge in [-0.05, 0) is 33.1 Å². The Hall–Kier alpha value is -0.830. The number of rotatable bonds is 3. The molecule has 0 unspecified atom stereocenters. The van der Waals surface area contributed by atoms with Gasteiger partial charge in [-0.15, -0.1) is 0 Å². The molecule has 0 aromatic carbocycles. The molecule has 0 radical (unpaired) electrons. The van der Waals surface area contributed by atoms with Gasteiger partial charge in [0.2, 0.25) is 0 Å². The molecular formula is C11H18O3. The van der Waals surface area contributed by atoms with Gasteiger partial charge in [-0.2, -0.15) is 0 Å². The summed E-state index contributed by atoms with van der Waals surface area (Å²) in [6, 6.07) is 0. The third-order valence-corrected chi connectivity index (χ3v) is 2.85. The fourth-order valence-corrected chi connectivity index (χ4v) is 2.14. The molecule has 14 heavy (non-hydrogen) atoms. The Morgan fingerprint density at radius 1 is 1.71 bits per heavy atom. The summed E-state index contributed by atoms with van der Waals surface area (Å²) in [6.07, 6.45) is 2.17. The monoisotopic (exact) mass is 198 g/mol. The Morgan fingerprint density at radius 3 is 2.86 bits per heavy atom. The van der Waals surface area contributed by atoms with E-state index in [1.807, 2.05) is 6.92 Å². The van der Waals surface area contributed by atoms with Crippen molar-refractivity contribution < 1.29 is 14.6 Å². The van der Waals surface area contributed by atoms with Gasteiger partial charge in [0.1, 0.15) is 0 Å². The maximum atomic E-state index is 11.6. The van der Waals surface area contributed by atoms with Crippen molar-refractivity contribution in [1.82, 2.24) is 0 Å². The van der Waals surface area contributed by atoms with Gasteiger partial charge in [0.15, 0.2) is 5.60 Å². The van der Waals surface area contributed by atoms with Gasteiger partial charge in [-0.3, -0.25) is 0 Å². The highest BCUT2D eigenvalue weighted by Crippen LogP contribution is 2.40. The number of carbonyl (C=O) groups is 1. The molecule has 1 rings (SSSR count). The largest absolute Gasteiger partial charge is 0.464 e. The van der Waals surface area contributed by atoms with Crippen LogP contribution in [0, 0.1) is 5.92 Å². The lowest BCUT2D eigenvalue weighted by molar-refractivity contribution is -0.167. The van der Waals surface area contributed by atoms with E-state index in [9.17, 15) is 9.90 Å². The fourth-order valence-electron chi connectivity index (χ4n) is 2.14. The lowest BCUT2D eigenvalue weighted by Gasteiger charge is -2.27. The first-order valence-electron chi connectivity index (χ1n) is 5.07. The molecule has 0 amide bonds. The van der Waals surface area contributed by atoms with Gasteiger partial charge >= 0.3 is 5.97 Å². The van der Waals surface area contributed by atoms with E-state index >= 15 is 0 Å². The predicted octanol–water partition coefficient (Wildman–Crippen LogP) is 1.66. The van der Waals surface area contributed by atoms with Crippen molar-refractivity contribution in [2.24, 2.45) is 5.92 Å². The normalized spacial score (nSPS) is 31.5. The molecule has 1 N–H and O–H groups in total. The van der Waals surface area contributed by atoms with Gasteiger partial charge in [-0.25, -0.2) is 4.79 Å². The minimum absolute atomic E-state index is 0.137. The van der Waals surface area contributed by atoms with Crippen LogP contribution in [0.5, 0.6) is 0 Å². The fraction of sp³-hybridized carbons (Fsp3) is 0.727. The summed E-state index contributed by atoms with van der Waals surface area (Å²) in [5, 5.41) is 10.2. The molecule has 1 fully saturated rings. The zero-order valence-corrected chi connectivity index (χ0v) is 8.88. The van der Waals surface area contributed by atoms with E-state index in [1.54, 1.807) is 6.92 Å². The summed E-state index contributed by atoms with van der Waals surface area (Å²) in [5.41, 5.74) is -0.458. The third kappa shape index (κ3) is 1.82. The molecule has 3 nitrogen and oxygen atoms in total. The summed E-state index contributed by atoms with van der Waals surface area (Å²) in [7, 11) is 0. The van der Waals surface area contributed by atoms with E-state index < -0.39 is 11.6 Å². The van der Waals surface area contributed by atoms with Crippen molar-refractivity contribution >= 4 is 5.97 Å². The third-order valence-electron chi connectivity index (χ3n) is 2.85. The molecule has 1 aliphatic rings. The summed E-state index contributed by atoms with van der Waals surface area (Å²) in [5.74, 6) is -0.632. The van der Waals surface area contributed by atoms with Crippen LogP contribution in [0.1, 0.15) is 33.1 Å². The van der Waals surface area contributed by atoms with Crippen LogP contribution < -0.4 is 0 Å². The first kappa shape index (κ1) is 11.2. The summed E-state index contributed by atoms with van der Waals surface area (Å²) in [6.45, 7) is 7.71. The van der Waals surface area contributed by atoms with Gasteiger partial charge in [0, 0.05) is 5.92 Å². The van der Waals surface area contributed by atoms with Crippen molar-refractivity contribution in [2.75, 3.05) is 6.61 Å². The standard InChI is InChI=1S/C11H18O3/c1-4-14-10(12)11(13)7-5-6-9(11)8(2)3/h9,13H,2,4-7H2,1,3H3/t9-,11+/m1/s1. The molecule has 0 bridgehead atoms. The van der Waals surface area contributed by atoms with Crippen LogP contribution in [0.3, 0.4) is 0 Å². The zero-order chi connectivity index (χ0) is 10.8. The highest BCUT2D eigenvalue weighted by atomic mass is 16.5. The lowest BCUT2D eigenvalue weighted by atomic mass is 9.86. The summed E-state index contributed by atoms with van der Waals surface area (Å²) < 4.78 is 4.88. The average Bonchev–Trinajstić information content (AvgIpc) is 2.49. The van der Waals surface area contributed by atoms with Crippen molar-refractivity contribution in [3.05, 3.63) is 12.2 Å². The van der Waals surface area contributed by atoms with Gasteiger partial charge in [0.05, 0.1) is 6.61 Å². The van der Waals surface area contributed by atoms with Crippen LogP contribution in [0.4, 0.5) is 0 Å². The Kier molecular flexibility index (Phi) is 3.32. The quantitative estimate of drug-likeness (QED) is 0.554. The van der Waals surface area contributed by atoms with E-state index in [0.717, 1.165) is 18.4 Å². The molecular weight excluding hydrogens is 180 g/mol. The van der Waals surface area contributed by atoms with Gasteiger partial charge < -0.3 is 9.84 Å². The molecule has 0 aliphatic heterocycles. The van der Waals surface area contributed by atoms with E-state index in [0.29, 0.717) is 13.0 Å². The van der Waals surface area contributed by atoms with Crippen LogP contribution in [0.15, 0.2) is 12.2 Å². The Bertz CT molecular complexity index is 247. The van der Waals surface area contributed by atoms with Crippen LogP contribution >= 0.6 is 0 Å². The number of carbonyl (C=O) groups excluding carboxylic acids is 1. The molecule has 0 spiro atoms. The minimum Gasteiger partial charge on any atom is -0.464 e. The molecule has 0 saturated heterocycles. The Balaban J connectivity index is 2.80. The average molecular weight is 198 g/mol. The van der Waals surface area contributed by atoms with E-state index in [-0.39, 0.29) is 5.92 Å². The predicted molar refractivity (Wildman–Crippen MR) is 53.7 cm³/mol. The number of ether oxygens (including phenoxy) is 1. The molecule has 0 aromatic heterocycles. The molecule has 3 heteroatoms. The molecule has 1 aliphatic carbocycles. The molecule has 0 heterocycles. The Labute approximate surface area is 84.8 Å². The number of aliphatic hydroxyl groups is 1. The van der Waals surface area contributed by atoms with Gasteiger partial charge in [-0.1, -0.05) is 12.2 Å². The second kappa shape index (κ2) is 4.13. The van der Waals surface area contributed by atoms with E-state index in [4.69, 9.17) is 4.74 Å². The SMILES string of the molecule is C=C(C)[C@H]1CCC[C@@]1(O)C(=O)OCC. The maximum absolute atomic E-state index is 11.6. The highest BCUT2D eigenvalue weighted by Gasteiger charge is 2.48. The van der Waals surface area contributed by atoms with Crippen LogP contribution in [0.25, 0.3) is 0 Å². The first-order chi connectivity index (χ1) is 6.52. The summed E-state index contributed by atoms with van der Waals surface area (Å²) >= 11 is 0. The second-order valence-electron chi connectivity index (χ2n) is 3.94. The van der Waals surface area contributed by atoms with E-state index in [2.05, 4.69) is 6.58 Å². The smallest absolute Gasteiger partial charge is 0.338 e. The zero-order valence-electron chi connectivity index (χ0n) is 8.88. The second-order valence-corrected chi connectivity index (χ2v) is 3.94. The maximum Gasteiger partial charge on any atom is 0.338 e. The lowest BCUT2D eigenvalue weighted by Crippen LogP contribution is -2.43. The summed E-state index contributed by atoms with van der Waals surface area (Å²) in [4.78, 5) is 11.6. The number of esters is 1. The molecule has 1 saturated carbocycles. The van der Waals surface area contributed by atoms with Crippen LogP contribution in [0.2, 0.25) is 0 Å². The molecule has 2 atom stereocenters. The Morgan fingerprint density at radius 2 is 2.36 bits per heavy atom. The highest BCUT2D eigenvalue weighted by molar-refractivity contribution is 5.80. The number of hydrogen-bond acceptors (Lipinski definition) is 3. The molecule has 0 aromatic rings. The molecule has 80 valence electrons. The van der Waals surface area contributed by atoms with Crippen molar-refractivity contribution in [2.45, 2.75) is 38.7 Å². The van der Waals surface area contributed by atoms with Crippen LogP contribution in [-0.4, -0.2) is 23.3 Å². The minimum atomic E-state index is -1.32. The van der Waals surface area contributed by atoms with Crippen molar-refractivity contribution in [1.29, 1.82) is 0 Å². The van der Waals surface area contributed by atoms with Gasteiger partial charge in [0.25, 0.3) is 0 Å². The topological polar surface area (TPSA) is 46.5 Å². The van der Waals surface area contributed by atoms with Crippen LogP contribution in [-0.2, 0) is 9.53 Å². The first-order valence-corrected chi connectivity index (χ1v) is 5.07.